The fraction of sp³-hybridized carbons (Fsp3) is 0.500. The van der Waals surface area contributed by atoms with E-state index in [2.05, 4.69) is 20.6 Å². The fourth-order valence-corrected chi connectivity index (χ4v) is 2.08. The van der Waals surface area contributed by atoms with E-state index >= 15 is 0 Å². The monoisotopic (exact) mass is 203 g/mol. The minimum atomic E-state index is 0.589. The van der Waals surface area contributed by atoms with Crippen LogP contribution in [0.4, 0.5) is 5.82 Å². The van der Waals surface area contributed by atoms with Gasteiger partial charge in [-0.3, -0.25) is 0 Å². The highest BCUT2D eigenvalue weighted by atomic mass is 15.4. The van der Waals surface area contributed by atoms with E-state index in [1.165, 1.54) is 25.7 Å². The van der Waals surface area contributed by atoms with Gasteiger partial charge in [0.2, 0.25) is 0 Å². The maximum atomic E-state index is 4.38. The highest BCUT2D eigenvalue weighted by Gasteiger charge is 2.14. The van der Waals surface area contributed by atoms with Crippen LogP contribution in [0.15, 0.2) is 18.5 Å². The van der Waals surface area contributed by atoms with Gasteiger partial charge in [-0.05, 0) is 25.0 Å². The lowest BCUT2D eigenvalue weighted by Crippen LogP contribution is -2.16. The van der Waals surface area contributed by atoms with Gasteiger partial charge in [-0.15, -0.1) is 15.3 Å². The van der Waals surface area contributed by atoms with Gasteiger partial charge in [-0.25, -0.2) is 0 Å². The second kappa shape index (κ2) is 3.49. The normalized spacial score (nSPS) is 17.3. The van der Waals surface area contributed by atoms with Gasteiger partial charge in [-0.2, -0.15) is 4.52 Å². The van der Waals surface area contributed by atoms with Crippen molar-refractivity contribution in [2.75, 3.05) is 5.32 Å². The predicted molar refractivity (Wildman–Crippen MR) is 56.7 cm³/mol. The summed E-state index contributed by atoms with van der Waals surface area (Å²) in [6, 6.07) is 4.48. The molecule has 1 saturated carbocycles. The Morgan fingerprint density at radius 3 is 3.00 bits per heavy atom. The van der Waals surface area contributed by atoms with Gasteiger partial charge in [0.1, 0.15) is 12.1 Å². The van der Waals surface area contributed by atoms with Crippen molar-refractivity contribution >= 4 is 11.5 Å². The third-order valence-corrected chi connectivity index (χ3v) is 2.87. The average molecular weight is 203 g/mol. The minimum absolute atomic E-state index is 0.589. The molecule has 0 amide bonds. The lowest BCUT2D eigenvalue weighted by Gasteiger charge is -2.11. The highest BCUT2D eigenvalue weighted by molar-refractivity contribution is 5.43. The topological polar surface area (TPSA) is 55.1 Å². The molecule has 0 aromatic carbocycles. The number of nitrogens with zero attached hydrogens (tertiary/aromatic N) is 4. The molecule has 2 aromatic rings. The quantitative estimate of drug-likeness (QED) is 0.803. The van der Waals surface area contributed by atoms with Crippen molar-refractivity contribution in [1.29, 1.82) is 0 Å². The first-order valence-electron chi connectivity index (χ1n) is 5.35. The van der Waals surface area contributed by atoms with Gasteiger partial charge in [0.05, 0.1) is 0 Å². The lowest BCUT2D eigenvalue weighted by molar-refractivity contribution is 0.743. The average Bonchev–Trinajstić information content (AvgIpc) is 2.87. The molecular formula is C10H13N5. The number of anilines is 1. The minimum Gasteiger partial charge on any atom is -0.366 e. The molecule has 5 nitrogen and oxygen atoms in total. The van der Waals surface area contributed by atoms with E-state index in [4.69, 9.17) is 0 Å². The van der Waals surface area contributed by atoms with Gasteiger partial charge >= 0.3 is 0 Å². The summed E-state index contributed by atoms with van der Waals surface area (Å²) >= 11 is 0. The molecule has 1 N–H and O–H groups in total. The molecule has 0 bridgehead atoms. The van der Waals surface area contributed by atoms with Crippen molar-refractivity contribution in [2.45, 2.75) is 31.7 Å². The molecule has 0 atom stereocenters. The van der Waals surface area contributed by atoms with Crippen LogP contribution in [0.25, 0.3) is 5.65 Å². The van der Waals surface area contributed by atoms with Gasteiger partial charge in [0, 0.05) is 6.04 Å². The van der Waals surface area contributed by atoms with Crippen LogP contribution in [0, 0.1) is 0 Å². The molecule has 0 radical (unpaired) electrons. The van der Waals surface area contributed by atoms with Crippen LogP contribution in [0.1, 0.15) is 25.7 Å². The van der Waals surface area contributed by atoms with Gasteiger partial charge in [0.25, 0.3) is 0 Å². The summed E-state index contributed by atoms with van der Waals surface area (Å²) in [6.45, 7) is 0. The third-order valence-electron chi connectivity index (χ3n) is 2.87. The van der Waals surface area contributed by atoms with Gasteiger partial charge < -0.3 is 5.32 Å². The van der Waals surface area contributed by atoms with Crippen LogP contribution in [0.5, 0.6) is 0 Å². The summed E-state index contributed by atoms with van der Waals surface area (Å²) in [7, 11) is 0. The molecule has 3 rings (SSSR count). The number of hydrogen-bond acceptors (Lipinski definition) is 4. The van der Waals surface area contributed by atoms with Crippen LogP contribution < -0.4 is 5.32 Å². The Morgan fingerprint density at radius 2 is 2.13 bits per heavy atom. The van der Waals surface area contributed by atoms with Crippen molar-refractivity contribution in [3.63, 3.8) is 0 Å². The van der Waals surface area contributed by atoms with E-state index in [1.54, 1.807) is 10.8 Å². The summed E-state index contributed by atoms with van der Waals surface area (Å²) in [5, 5.41) is 15.5. The zero-order valence-electron chi connectivity index (χ0n) is 8.43. The molecule has 1 aliphatic carbocycles. The van der Waals surface area contributed by atoms with E-state index in [0.717, 1.165) is 11.5 Å². The molecule has 1 fully saturated rings. The zero-order valence-corrected chi connectivity index (χ0v) is 8.43. The second-order valence-electron chi connectivity index (χ2n) is 3.98. The SMILES string of the molecule is c1cc2nncn2nc1NC1CCCC1. The molecule has 2 aromatic heterocycles. The molecule has 0 aliphatic heterocycles. The molecule has 0 spiro atoms. The van der Waals surface area contributed by atoms with E-state index in [-0.39, 0.29) is 0 Å². The summed E-state index contributed by atoms with van der Waals surface area (Å²) in [6.07, 6.45) is 6.78. The molecule has 2 heterocycles. The Morgan fingerprint density at radius 1 is 1.27 bits per heavy atom. The maximum absolute atomic E-state index is 4.38. The van der Waals surface area contributed by atoms with Crippen molar-refractivity contribution in [2.24, 2.45) is 0 Å². The van der Waals surface area contributed by atoms with E-state index in [1.807, 2.05) is 12.1 Å². The highest BCUT2D eigenvalue weighted by Crippen LogP contribution is 2.21. The molecular weight excluding hydrogens is 190 g/mol. The number of hydrogen-bond donors (Lipinski definition) is 1. The largest absolute Gasteiger partial charge is 0.366 e. The standard InChI is InChI=1S/C10H13N5/c1-2-4-8(3-1)12-9-5-6-10-13-11-7-15(10)14-9/h5-8H,1-4H2,(H,12,14). The van der Waals surface area contributed by atoms with Gasteiger partial charge in [0.15, 0.2) is 5.65 Å². The van der Waals surface area contributed by atoms with Crippen molar-refractivity contribution in [3.05, 3.63) is 18.5 Å². The van der Waals surface area contributed by atoms with Crippen LogP contribution in [0.3, 0.4) is 0 Å². The van der Waals surface area contributed by atoms with Crippen molar-refractivity contribution < 1.29 is 0 Å². The van der Waals surface area contributed by atoms with E-state index in [9.17, 15) is 0 Å². The number of nitrogens with one attached hydrogen (secondary N) is 1. The summed E-state index contributed by atoms with van der Waals surface area (Å²) in [5.74, 6) is 0.911. The smallest absolute Gasteiger partial charge is 0.177 e. The van der Waals surface area contributed by atoms with Crippen LogP contribution in [0.2, 0.25) is 0 Å². The van der Waals surface area contributed by atoms with E-state index < -0.39 is 0 Å². The third kappa shape index (κ3) is 1.65. The number of aromatic nitrogens is 4. The Bertz CT molecular complexity index is 458. The van der Waals surface area contributed by atoms with Crippen LogP contribution in [-0.4, -0.2) is 25.9 Å². The zero-order chi connectivity index (χ0) is 10.1. The summed E-state index contributed by atoms with van der Waals surface area (Å²) < 4.78 is 1.69. The first-order chi connectivity index (χ1) is 7.42. The molecule has 0 unspecified atom stereocenters. The number of fused-ring (bicyclic) bond motifs is 1. The molecule has 15 heavy (non-hydrogen) atoms. The second-order valence-corrected chi connectivity index (χ2v) is 3.98. The Balaban J connectivity index is 1.84. The molecule has 0 saturated heterocycles. The summed E-state index contributed by atoms with van der Waals surface area (Å²) in [5.41, 5.74) is 0.784. The van der Waals surface area contributed by atoms with Crippen LogP contribution in [-0.2, 0) is 0 Å². The van der Waals surface area contributed by atoms with Crippen molar-refractivity contribution in [1.82, 2.24) is 19.8 Å². The lowest BCUT2D eigenvalue weighted by atomic mass is 10.2. The first kappa shape index (κ1) is 8.64. The van der Waals surface area contributed by atoms with Crippen molar-refractivity contribution in [3.8, 4) is 0 Å². The molecule has 1 aliphatic rings. The van der Waals surface area contributed by atoms with Crippen LogP contribution >= 0.6 is 0 Å². The Hall–Kier alpha value is -1.65. The number of rotatable bonds is 2. The maximum Gasteiger partial charge on any atom is 0.177 e. The fourth-order valence-electron chi connectivity index (χ4n) is 2.08. The molecule has 78 valence electrons. The summed E-state index contributed by atoms with van der Waals surface area (Å²) in [4.78, 5) is 0. The Labute approximate surface area is 87.5 Å². The molecule has 5 heteroatoms. The van der Waals surface area contributed by atoms with E-state index in [0.29, 0.717) is 6.04 Å². The predicted octanol–water partition coefficient (Wildman–Crippen LogP) is 1.48. The Kier molecular flexibility index (Phi) is 2.01. The van der Waals surface area contributed by atoms with Gasteiger partial charge in [-0.1, -0.05) is 12.8 Å². The first-order valence-corrected chi connectivity index (χ1v) is 5.35.